The van der Waals surface area contributed by atoms with Crippen molar-refractivity contribution in [1.29, 1.82) is 0 Å². The molecule has 0 bridgehead atoms. The van der Waals surface area contributed by atoms with Crippen LogP contribution in [-0.4, -0.2) is 19.6 Å². The van der Waals surface area contributed by atoms with Gasteiger partial charge in [-0.3, -0.25) is 0 Å². The molecule has 19 heavy (non-hydrogen) atoms. The van der Waals surface area contributed by atoms with Crippen LogP contribution in [0.5, 0.6) is 0 Å². The Morgan fingerprint density at radius 3 is 3.05 bits per heavy atom. The summed E-state index contributed by atoms with van der Waals surface area (Å²) in [6, 6.07) is 13.1. The number of fused-ring (bicyclic) bond motifs is 1. The van der Waals surface area contributed by atoms with E-state index in [0.717, 1.165) is 38.2 Å². The Balaban J connectivity index is 1.51. The number of hydrogen-bond acceptors (Lipinski definition) is 3. The third-order valence-corrected chi connectivity index (χ3v) is 3.69. The molecule has 1 atom stereocenters. The molecule has 0 saturated carbocycles. The van der Waals surface area contributed by atoms with Crippen molar-refractivity contribution >= 4 is 0 Å². The van der Waals surface area contributed by atoms with Crippen LogP contribution >= 0.6 is 0 Å². The van der Waals surface area contributed by atoms with E-state index in [1.54, 1.807) is 6.26 Å². The average Bonchev–Trinajstić information content (AvgIpc) is 2.97. The zero-order chi connectivity index (χ0) is 12.9. The van der Waals surface area contributed by atoms with E-state index >= 15 is 0 Å². The highest BCUT2D eigenvalue weighted by atomic mass is 16.3. The maximum atomic E-state index is 5.33. The van der Waals surface area contributed by atoms with Crippen molar-refractivity contribution in [1.82, 2.24) is 10.6 Å². The van der Waals surface area contributed by atoms with Crippen molar-refractivity contribution in [2.24, 2.45) is 0 Å². The van der Waals surface area contributed by atoms with Gasteiger partial charge in [0.1, 0.15) is 5.76 Å². The van der Waals surface area contributed by atoms with Gasteiger partial charge in [-0.15, -0.1) is 0 Å². The molecule has 0 aliphatic carbocycles. The molecule has 1 unspecified atom stereocenters. The molecular formula is C16H20N2O. The van der Waals surface area contributed by atoms with Crippen LogP contribution in [-0.2, 0) is 12.8 Å². The summed E-state index contributed by atoms with van der Waals surface area (Å²) in [5.74, 6) is 1.05. The lowest BCUT2D eigenvalue weighted by atomic mass is 9.94. The van der Waals surface area contributed by atoms with Gasteiger partial charge in [-0.05, 0) is 36.2 Å². The molecule has 0 fully saturated rings. The zero-order valence-electron chi connectivity index (χ0n) is 11.1. The molecule has 2 N–H and O–H groups in total. The Labute approximate surface area is 114 Å². The topological polar surface area (TPSA) is 37.2 Å². The minimum absolute atomic E-state index is 0.432. The summed E-state index contributed by atoms with van der Waals surface area (Å²) in [6.45, 7) is 2.99. The smallest absolute Gasteiger partial charge is 0.105 e. The van der Waals surface area contributed by atoms with Crippen molar-refractivity contribution in [3.8, 4) is 0 Å². The Kier molecular flexibility index (Phi) is 3.96. The number of rotatable bonds is 5. The number of benzene rings is 1. The highest BCUT2D eigenvalue weighted by molar-refractivity contribution is 5.32. The zero-order valence-corrected chi connectivity index (χ0v) is 11.1. The van der Waals surface area contributed by atoms with E-state index in [1.165, 1.54) is 11.1 Å². The maximum absolute atomic E-state index is 5.33. The first-order chi connectivity index (χ1) is 9.43. The lowest BCUT2D eigenvalue weighted by Crippen LogP contribution is -2.37. The quantitative estimate of drug-likeness (QED) is 0.806. The predicted octanol–water partition coefficient (Wildman–Crippen LogP) is 2.30. The van der Waals surface area contributed by atoms with Crippen LogP contribution in [0, 0.1) is 0 Å². The Bertz CT molecular complexity index is 507. The van der Waals surface area contributed by atoms with Gasteiger partial charge in [-0.1, -0.05) is 24.3 Å². The number of hydrogen-bond donors (Lipinski definition) is 2. The highest BCUT2D eigenvalue weighted by Gasteiger charge is 2.18. The number of furan rings is 1. The molecule has 0 radical (unpaired) electrons. The molecule has 3 heteroatoms. The van der Waals surface area contributed by atoms with Gasteiger partial charge in [0, 0.05) is 25.6 Å². The highest BCUT2D eigenvalue weighted by Crippen LogP contribution is 2.21. The van der Waals surface area contributed by atoms with E-state index in [9.17, 15) is 0 Å². The van der Waals surface area contributed by atoms with Crippen LogP contribution < -0.4 is 10.6 Å². The molecular weight excluding hydrogens is 236 g/mol. The molecule has 1 aromatic carbocycles. The summed E-state index contributed by atoms with van der Waals surface area (Å²) in [5, 5.41) is 7.09. The van der Waals surface area contributed by atoms with Gasteiger partial charge in [0.2, 0.25) is 0 Å². The standard InChI is InChI=1S/C16H20N2O/c1-2-6-15-13(4-1)7-10-18-16(15)12-17-9-8-14-5-3-11-19-14/h1-6,11,16-18H,7-10,12H2. The van der Waals surface area contributed by atoms with Crippen LogP contribution in [0.25, 0.3) is 0 Å². The average molecular weight is 256 g/mol. The second-order valence-corrected chi connectivity index (χ2v) is 4.99. The largest absolute Gasteiger partial charge is 0.469 e. The molecule has 0 spiro atoms. The van der Waals surface area contributed by atoms with E-state index in [0.29, 0.717) is 6.04 Å². The molecule has 0 saturated heterocycles. The first kappa shape index (κ1) is 12.5. The third-order valence-electron chi connectivity index (χ3n) is 3.69. The van der Waals surface area contributed by atoms with Gasteiger partial charge in [-0.2, -0.15) is 0 Å². The Hall–Kier alpha value is -1.58. The molecule has 2 heterocycles. The molecule has 1 aliphatic heterocycles. The molecule has 0 amide bonds. The third kappa shape index (κ3) is 3.06. The van der Waals surface area contributed by atoms with E-state index in [2.05, 4.69) is 34.9 Å². The minimum atomic E-state index is 0.432. The van der Waals surface area contributed by atoms with E-state index in [1.807, 2.05) is 12.1 Å². The second kappa shape index (κ2) is 6.04. The second-order valence-electron chi connectivity index (χ2n) is 4.99. The molecule has 1 aliphatic rings. The summed E-state index contributed by atoms with van der Waals surface area (Å²) in [6.07, 6.45) is 3.81. The fourth-order valence-electron chi connectivity index (χ4n) is 2.69. The van der Waals surface area contributed by atoms with E-state index in [4.69, 9.17) is 4.42 Å². The van der Waals surface area contributed by atoms with Crippen LogP contribution in [0.1, 0.15) is 22.9 Å². The summed E-state index contributed by atoms with van der Waals surface area (Å²) in [7, 11) is 0. The summed E-state index contributed by atoms with van der Waals surface area (Å²) >= 11 is 0. The SMILES string of the molecule is c1coc(CCNCC2NCCc3ccccc32)c1. The van der Waals surface area contributed by atoms with Crippen LogP contribution in [0.2, 0.25) is 0 Å². The maximum Gasteiger partial charge on any atom is 0.105 e. The lowest BCUT2D eigenvalue weighted by Gasteiger charge is -2.27. The van der Waals surface area contributed by atoms with Crippen LogP contribution in [0.4, 0.5) is 0 Å². The first-order valence-electron chi connectivity index (χ1n) is 6.98. The van der Waals surface area contributed by atoms with Gasteiger partial charge < -0.3 is 15.1 Å². The molecule has 3 nitrogen and oxygen atoms in total. The summed E-state index contributed by atoms with van der Waals surface area (Å²) in [5.41, 5.74) is 2.93. The Morgan fingerprint density at radius 1 is 1.21 bits per heavy atom. The Morgan fingerprint density at radius 2 is 2.16 bits per heavy atom. The van der Waals surface area contributed by atoms with Gasteiger partial charge in [0.05, 0.1) is 6.26 Å². The monoisotopic (exact) mass is 256 g/mol. The van der Waals surface area contributed by atoms with Gasteiger partial charge in [-0.25, -0.2) is 0 Å². The number of nitrogens with one attached hydrogen (secondary N) is 2. The molecule has 100 valence electrons. The van der Waals surface area contributed by atoms with Gasteiger partial charge >= 0.3 is 0 Å². The van der Waals surface area contributed by atoms with Gasteiger partial charge in [0.15, 0.2) is 0 Å². The van der Waals surface area contributed by atoms with Crippen molar-refractivity contribution in [3.05, 3.63) is 59.5 Å². The van der Waals surface area contributed by atoms with Gasteiger partial charge in [0.25, 0.3) is 0 Å². The van der Waals surface area contributed by atoms with Crippen molar-refractivity contribution in [2.75, 3.05) is 19.6 Å². The summed E-state index contributed by atoms with van der Waals surface area (Å²) in [4.78, 5) is 0. The summed E-state index contributed by atoms with van der Waals surface area (Å²) < 4.78 is 5.33. The normalized spacial score (nSPS) is 18.2. The van der Waals surface area contributed by atoms with Crippen molar-refractivity contribution < 1.29 is 4.42 Å². The predicted molar refractivity (Wildman–Crippen MR) is 76.2 cm³/mol. The van der Waals surface area contributed by atoms with E-state index < -0.39 is 0 Å². The van der Waals surface area contributed by atoms with Crippen LogP contribution in [0.15, 0.2) is 47.1 Å². The fourth-order valence-corrected chi connectivity index (χ4v) is 2.69. The molecule has 3 rings (SSSR count). The fraction of sp³-hybridized carbons (Fsp3) is 0.375. The van der Waals surface area contributed by atoms with Crippen molar-refractivity contribution in [2.45, 2.75) is 18.9 Å². The first-order valence-corrected chi connectivity index (χ1v) is 6.98. The molecule has 1 aromatic heterocycles. The lowest BCUT2D eigenvalue weighted by molar-refractivity contribution is 0.456. The minimum Gasteiger partial charge on any atom is -0.469 e. The van der Waals surface area contributed by atoms with E-state index in [-0.39, 0.29) is 0 Å². The molecule has 2 aromatic rings. The van der Waals surface area contributed by atoms with Crippen LogP contribution in [0.3, 0.4) is 0 Å². The van der Waals surface area contributed by atoms with Crippen molar-refractivity contribution in [3.63, 3.8) is 0 Å².